The van der Waals surface area contributed by atoms with Crippen LogP contribution in [-0.2, 0) is 16.1 Å². The number of rotatable bonds is 6. The molecule has 2 N–H and O–H groups in total. The fourth-order valence-corrected chi connectivity index (χ4v) is 3.73. The Bertz CT molecular complexity index is 602. The van der Waals surface area contributed by atoms with Crippen LogP contribution in [-0.4, -0.2) is 36.3 Å². The first-order valence-corrected chi connectivity index (χ1v) is 9.58. The molecule has 5 nitrogen and oxygen atoms in total. The summed E-state index contributed by atoms with van der Waals surface area (Å²) >= 11 is 0. The molecular weight excluding hydrogens is 350 g/mol. The van der Waals surface area contributed by atoms with Crippen LogP contribution in [0.15, 0.2) is 24.3 Å². The van der Waals surface area contributed by atoms with Crippen LogP contribution in [0.1, 0.15) is 50.5 Å². The molecule has 2 fully saturated rings. The third-order valence-electron chi connectivity index (χ3n) is 5.24. The van der Waals surface area contributed by atoms with Crippen molar-refractivity contribution in [1.29, 1.82) is 0 Å². The molecule has 1 aromatic rings. The first-order chi connectivity index (χ1) is 12.2. The first kappa shape index (κ1) is 20.7. The van der Waals surface area contributed by atoms with E-state index in [-0.39, 0.29) is 24.2 Å². The summed E-state index contributed by atoms with van der Waals surface area (Å²) < 4.78 is 0. The highest BCUT2D eigenvalue weighted by molar-refractivity contribution is 5.90. The number of hydrogen-bond acceptors (Lipinski definition) is 3. The Labute approximate surface area is 162 Å². The largest absolute Gasteiger partial charge is 0.338 e. The Balaban J connectivity index is 0.00000243. The third kappa shape index (κ3) is 6.29. The van der Waals surface area contributed by atoms with Crippen molar-refractivity contribution in [3.05, 3.63) is 29.8 Å². The van der Waals surface area contributed by atoms with Crippen LogP contribution < -0.4 is 10.6 Å². The monoisotopic (exact) mass is 379 g/mol. The van der Waals surface area contributed by atoms with Gasteiger partial charge in [-0.2, -0.15) is 0 Å². The quantitative estimate of drug-likeness (QED) is 0.796. The normalized spacial score (nSPS) is 18.3. The van der Waals surface area contributed by atoms with Crippen molar-refractivity contribution in [3.63, 3.8) is 0 Å². The summed E-state index contributed by atoms with van der Waals surface area (Å²) in [6.07, 6.45) is 6.64. The number of nitrogens with zero attached hydrogens (tertiary/aromatic N) is 1. The Hall–Kier alpha value is -1.59. The molecule has 3 rings (SSSR count). The number of carbonyl (C=O) groups excluding carboxylic acids is 2. The summed E-state index contributed by atoms with van der Waals surface area (Å²) in [4.78, 5) is 26.1. The predicted molar refractivity (Wildman–Crippen MR) is 106 cm³/mol. The van der Waals surface area contributed by atoms with Crippen LogP contribution in [0.3, 0.4) is 0 Å². The Kier molecular flexibility index (Phi) is 8.39. The Morgan fingerprint density at radius 2 is 2.04 bits per heavy atom. The van der Waals surface area contributed by atoms with Gasteiger partial charge in [0.05, 0.1) is 0 Å². The van der Waals surface area contributed by atoms with Gasteiger partial charge in [-0.1, -0.05) is 12.1 Å². The van der Waals surface area contributed by atoms with Crippen molar-refractivity contribution in [3.8, 4) is 0 Å². The number of likely N-dealkylation sites (tertiary alicyclic amines) is 1. The van der Waals surface area contributed by atoms with Crippen molar-refractivity contribution in [1.82, 2.24) is 10.2 Å². The summed E-state index contributed by atoms with van der Waals surface area (Å²) in [6, 6.07) is 7.88. The molecule has 0 aromatic heterocycles. The van der Waals surface area contributed by atoms with E-state index in [1.807, 2.05) is 29.2 Å². The van der Waals surface area contributed by atoms with Crippen LogP contribution in [0.25, 0.3) is 0 Å². The molecule has 0 spiro atoms. The van der Waals surface area contributed by atoms with Gasteiger partial charge in [-0.05, 0) is 68.8 Å². The highest BCUT2D eigenvalue weighted by atomic mass is 35.5. The maximum Gasteiger partial charge on any atom is 0.224 e. The lowest BCUT2D eigenvalue weighted by Gasteiger charge is -2.26. The molecule has 0 radical (unpaired) electrons. The lowest BCUT2D eigenvalue weighted by Crippen LogP contribution is -2.34. The second-order valence-corrected chi connectivity index (χ2v) is 7.25. The van der Waals surface area contributed by atoms with E-state index in [0.29, 0.717) is 25.3 Å². The predicted octanol–water partition coefficient (Wildman–Crippen LogP) is 3.34. The minimum atomic E-state index is 0. The van der Waals surface area contributed by atoms with E-state index in [2.05, 4.69) is 10.6 Å². The minimum Gasteiger partial charge on any atom is -0.338 e. The lowest BCUT2D eigenvalue weighted by molar-refractivity contribution is -0.133. The van der Waals surface area contributed by atoms with Gasteiger partial charge in [-0.3, -0.25) is 9.59 Å². The van der Waals surface area contributed by atoms with Gasteiger partial charge in [0, 0.05) is 31.6 Å². The molecule has 2 aliphatic heterocycles. The van der Waals surface area contributed by atoms with Crippen LogP contribution in [0, 0.1) is 5.92 Å². The van der Waals surface area contributed by atoms with E-state index >= 15 is 0 Å². The molecule has 144 valence electrons. The molecule has 0 saturated carbocycles. The third-order valence-corrected chi connectivity index (χ3v) is 5.24. The molecular formula is C20H30ClN3O2. The summed E-state index contributed by atoms with van der Waals surface area (Å²) in [5.41, 5.74) is 1.91. The van der Waals surface area contributed by atoms with Crippen molar-refractivity contribution >= 4 is 29.9 Å². The van der Waals surface area contributed by atoms with Gasteiger partial charge >= 0.3 is 0 Å². The van der Waals surface area contributed by atoms with Crippen molar-refractivity contribution in [2.45, 2.75) is 51.5 Å². The van der Waals surface area contributed by atoms with Gasteiger partial charge in [0.1, 0.15) is 0 Å². The van der Waals surface area contributed by atoms with Gasteiger partial charge < -0.3 is 15.5 Å². The fourth-order valence-electron chi connectivity index (χ4n) is 3.73. The Morgan fingerprint density at radius 1 is 1.23 bits per heavy atom. The molecule has 2 amide bonds. The zero-order chi connectivity index (χ0) is 17.5. The zero-order valence-corrected chi connectivity index (χ0v) is 16.2. The molecule has 0 bridgehead atoms. The standard InChI is InChI=1S/C20H29N3O2.ClH/c24-19(8-7-16-9-11-21-12-10-16)22-18-5-3-4-17(14-18)15-23-13-2-1-6-20(23)25;/h3-5,14,16,21H,1-2,6-13,15H2,(H,22,24);1H. The highest BCUT2D eigenvalue weighted by Crippen LogP contribution is 2.20. The molecule has 0 unspecified atom stereocenters. The van der Waals surface area contributed by atoms with Crippen LogP contribution >= 0.6 is 12.4 Å². The molecule has 2 heterocycles. The number of benzene rings is 1. The summed E-state index contributed by atoms with van der Waals surface area (Å²) in [6.45, 7) is 3.62. The van der Waals surface area contributed by atoms with E-state index in [1.54, 1.807) is 0 Å². The SMILES string of the molecule is Cl.O=C(CCC1CCNCC1)Nc1cccc(CN2CCCCC2=O)c1. The van der Waals surface area contributed by atoms with E-state index in [0.717, 1.165) is 50.1 Å². The van der Waals surface area contributed by atoms with Gasteiger partial charge in [-0.25, -0.2) is 0 Å². The number of anilines is 1. The number of carbonyl (C=O) groups is 2. The van der Waals surface area contributed by atoms with Crippen LogP contribution in [0.2, 0.25) is 0 Å². The molecule has 1 aromatic carbocycles. The number of piperidine rings is 2. The summed E-state index contributed by atoms with van der Waals surface area (Å²) in [5.74, 6) is 0.996. The summed E-state index contributed by atoms with van der Waals surface area (Å²) in [5, 5.41) is 6.37. The Morgan fingerprint density at radius 3 is 2.81 bits per heavy atom. The second-order valence-electron chi connectivity index (χ2n) is 7.25. The average Bonchev–Trinajstić information content (AvgIpc) is 2.63. The van der Waals surface area contributed by atoms with Gasteiger partial charge in [0.15, 0.2) is 0 Å². The lowest BCUT2D eigenvalue weighted by atomic mass is 9.93. The molecule has 0 atom stereocenters. The van der Waals surface area contributed by atoms with Crippen molar-refractivity contribution in [2.75, 3.05) is 25.0 Å². The van der Waals surface area contributed by atoms with Crippen LogP contribution in [0.4, 0.5) is 5.69 Å². The van der Waals surface area contributed by atoms with Gasteiger partial charge in [-0.15, -0.1) is 12.4 Å². The van der Waals surface area contributed by atoms with E-state index in [9.17, 15) is 9.59 Å². The number of hydrogen-bond donors (Lipinski definition) is 2. The van der Waals surface area contributed by atoms with Gasteiger partial charge in [0.2, 0.25) is 11.8 Å². The van der Waals surface area contributed by atoms with E-state index < -0.39 is 0 Å². The van der Waals surface area contributed by atoms with Crippen molar-refractivity contribution in [2.24, 2.45) is 5.92 Å². The molecule has 2 saturated heterocycles. The van der Waals surface area contributed by atoms with E-state index in [4.69, 9.17) is 0 Å². The van der Waals surface area contributed by atoms with E-state index in [1.165, 1.54) is 12.8 Å². The molecule has 6 heteroatoms. The fraction of sp³-hybridized carbons (Fsp3) is 0.600. The molecule has 0 aliphatic carbocycles. The number of nitrogens with one attached hydrogen (secondary N) is 2. The average molecular weight is 380 g/mol. The maximum atomic E-state index is 12.2. The van der Waals surface area contributed by atoms with Gasteiger partial charge in [0.25, 0.3) is 0 Å². The topological polar surface area (TPSA) is 61.4 Å². The number of halogens is 1. The zero-order valence-electron chi connectivity index (χ0n) is 15.3. The maximum absolute atomic E-state index is 12.2. The smallest absolute Gasteiger partial charge is 0.224 e. The molecule has 2 aliphatic rings. The summed E-state index contributed by atoms with van der Waals surface area (Å²) in [7, 11) is 0. The highest BCUT2D eigenvalue weighted by Gasteiger charge is 2.18. The van der Waals surface area contributed by atoms with Crippen LogP contribution in [0.5, 0.6) is 0 Å². The second kappa shape index (κ2) is 10.5. The van der Waals surface area contributed by atoms with Crippen molar-refractivity contribution < 1.29 is 9.59 Å². The molecule has 26 heavy (non-hydrogen) atoms. The number of amides is 2. The first-order valence-electron chi connectivity index (χ1n) is 9.58. The minimum absolute atomic E-state index is 0.